The van der Waals surface area contributed by atoms with Crippen molar-refractivity contribution >= 4 is 11.7 Å². The van der Waals surface area contributed by atoms with Crippen LogP contribution in [0.4, 0.5) is 10.5 Å². The normalized spacial score (nSPS) is 16.3. The van der Waals surface area contributed by atoms with Crippen LogP contribution in [0.2, 0.25) is 0 Å². The summed E-state index contributed by atoms with van der Waals surface area (Å²) in [6, 6.07) is 7.80. The Labute approximate surface area is 95.6 Å². The van der Waals surface area contributed by atoms with Crippen LogP contribution < -0.4 is 10.6 Å². The third kappa shape index (κ3) is 2.27. The van der Waals surface area contributed by atoms with Crippen LogP contribution in [0, 0.1) is 6.92 Å². The van der Waals surface area contributed by atoms with Crippen molar-refractivity contribution < 1.29 is 4.79 Å². The Bertz CT molecular complexity index is 384. The van der Waals surface area contributed by atoms with Crippen LogP contribution in [0.25, 0.3) is 0 Å². The summed E-state index contributed by atoms with van der Waals surface area (Å²) in [6.45, 7) is 5.00. The van der Waals surface area contributed by atoms with Crippen LogP contribution in [-0.2, 0) is 0 Å². The summed E-state index contributed by atoms with van der Waals surface area (Å²) in [5, 5.41) is 0. The van der Waals surface area contributed by atoms with Crippen LogP contribution in [-0.4, -0.2) is 37.1 Å². The highest BCUT2D eigenvalue weighted by Gasteiger charge is 2.19. The molecular formula is C12H16N3O. The van der Waals surface area contributed by atoms with Gasteiger partial charge < -0.3 is 9.80 Å². The highest BCUT2D eigenvalue weighted by molar-refractivity contribution is 5.71. The zero-order chi connectivity index (χ0) is 11.5. The van der Waals surface area contributed by atoms with E-state index in [-0.39, 0.29) is 0 Å². The summed E-state index contributed by atoms with van der Waals surface area (Å²) in [4.78, 5) is 14.7. The zero-order valence-electron chi connectivity index (χ0n) is 9.44. The van der Waals surface area contributed by atoms with Gasteiger partial charge in [-0.2, -0.15) is 0 Å². The van der Waals surface area contributed by atoms with E-state index in [1.165, 1.54) is 11.3 Å². The Kier molecular flexibility index (Phi) is 2.99. The molecule has 1 N–H and O–H groups in total. The van der Waals surface area contributed by atoms with Crippen molar-refractivity contribution in [3.8, 4) is 0 Å². The molecule has 16 heavy (non-hydrogen) atoms. The van der Waals surface area contributed by atoms with Gasteiger partial charge in [-0.3, -0.25) is 0 Å². The van der Waals surface area contributed by atoms with E-state index in [0.717, 1.165) is 13.1 Å². The van der Waals surface area contributed by atoms with Gasteiger partial charge in [-0.25, -0.2) is 10.5 Å². The number of aryl methyl sites for hydroxylation is 1. The summed E-state index contributed by atoms with van der Waals surface area (Å²) >= 11 is 0. The van der Waals surface area contributed by atoms with Crippen LogP contribution >= 0.6 is 0 Å². The number of nitrogens with zero attached hydrogens (tertiary/aromatic N) is 2. The highest BCUT2D eigenvalue weighted by Crippen LogP contribution is 2.17. The molecule has 0 aliphatic carbocycles. The third-order valence-corrected chi connectivity index (χ3v) is 2.93. The van der Waals surface area contributed by atoms with Gasteiger partial charge in [0.15, 0.2) is 0 Å². The average molecular weight is 218 g/mol. The van der Waals surface area contributed by atoms with E-state index < -0.39 is 6.03 Å². The summed E-state index contributed by atoms with van der Waals surface area (Å²) in [5.74, 6) is 0. The van der Waals surface area contributed by atoms with Crippen molar-refractivity contribution in [3.63, 3.8) is 0 Å². The molecule has 85 valence electrons. The first-order valence-corrected chi connectivity index (χ1v) is 5.49. The maximum atomic E-state index is 10.9. The third-order valence-electron chi connectivity index (χ3n) is 2.93. The largest absolute Gasteiger partial charge is 0.368 e. The average Bonchev–Trinajstić information content (AvgIpc) is 2.29. The van der Waals surface area contributed by atoms with E-state index in [2.05, 4.69) is 30.0 Å². The number of nitrogens with one attached hydrogen (secondary N) is 1. The maximum absolute atomic E-state index is 10.9. The van der Waals surface area contributed by atoms with Crippen LogP contribution in [0.15, 0.2) is 24.3 Å². The predicted octanol–water partition coefficient (Wildman–Crippen LogP) is 1.52. The van der Waals surface area contributed by atoms with Gasteiger partial charge in [-0.15, -0.1) is 0 Å². The zero-order valence-corrected chi connectivity index (χ0v) is 9.44. The van der Waals surface area contributed by atoms with Crippen molar-refractivity contribution in [1.82, 2.24) is 10.6 Å². The van der Waals surface area contributed by atoms with Crippen molar-refractivity contribution in [2.45, 2.75) is 6.92 Å². The SMILES string of the molecule is Cc1cccc(N2CCN(C([NH])=O)CC2)c1. The first-order chi connectivity index (χ1) is 7.66. The van der Waals surface area contributed by atoms with Gasteiger partial charge in [-0.1, -0.05) is 12.1 Å². The summed E-state index contributed by atoms with van der Waals surface area (Å²) in [6.07, 6.45) is 0. The van der Waals surface area contributed by atoms with Crippen LogP contribution in [0.3, 0.4) is 0 Å². The Balaban J connectivity index is 2.01. The first kappa shape index (κ1) is 10.8. The lowest BCUT2D eigenvalue weighted by Gasteiger charge is -2.35. The number of anilines is 1. The van der Waals surface area contributed by atoms with Crippen molar-refractivity contribution in [3.05, 3.63) is 29.8 Å². The second-order valence-corrected chi connectivity index (χ2v) is 4.12. The molecule has 4 nitrogen and oxygen atoms in total. The molecule has 1 radical (unpaired) electrons. The molecule has 1 saturated heterocycles. The number of urea groups is 1. The first-order valence-electron chi connectivity index (χ1n) is 5.49. The number of amides is 2. The molecule has 0 unspecified atom stereocenters. The minimum Gasteiger partial charge on any atom is -0.368 e. The van der Waals surface area contributed by atoms with E-state index >= 15 is 0 Å². The predicted molar refractivity (Wildman–Crippen MR) is 63.5 cm³/mol. The molecule has 0 spiro atoms. The molecule has 1 heterocycles. The lowest BCUT2D eigenvalue weighted by molar-refractivity contribution is 0.202. The number of carbonyl (C=O) groups excluding carboxylic acids is 1. The highest BCUT2D eigenvalue weighted by atomic mass is 16.2. The van der Waals surface area contributed by atoms with Crippen LogP contribution in [0.1, 0.15) is 5.56 Å². The van der Waals surface area contributed by atoms with Gasteiger partial charge in [0.05, 0.1) is 0 Å². The molecule has 2 rings (SSSR count). The summed E-state index contributed by atoms with van der Waals surface area (Å²) in [5.41, 5.74) is 9.50. The fraction of sp³-hybridized carbons (Fsp3) is 0.417. The number of rotatable bonds is 1. The Morgan fingerprint density at radius 2 is 1.94 bits per heavy atom. The lowest BCUT2D eigenvalue weighted by atomic mass is 10.2. The molecular weight excluding hydrogens is 202 g/mol. The molecule has 0 saturated carbocycles. The van der Waals surface area contributed by atoms with Crippen molar-refractivity contribution in [2.24, 2.45) is 0 Å². The van der Waals surface area contributed by atoms with Gasteiger partial charge in [0, 0.05) is 31.9 Å². The number of carbonyl (C=O) groups is 1. The van der Waals surface area contributed by atoms with Gasteiger partial charge >= 0.3 is 6.03 Å². The van der Waals surface area contributed by atoms with E-state index in [4.69, 9.17) is 5.73 Å². The molecule has 1 aliphatic rings. The second-order valence-electron chi connectivity index (χ2n) is 4.12. The van der Waals surface area contributed by atoms with Crippen LogP contribution in [0.5, 0.6) is 0 Å². The van der Waals surface area contributed by atoms with Gasteiger partial charge in [0.1, 0.15) is 0 Å². The monoisotopic (exact) mass is 218 g/mol. The van der Waals surface area contributed by atoms with E-state index in [1.807, 2.05) is 6.07 Å². The molecule has 1 aliphatic heterocycles. The topological polar surface area (TPSA) is 47.4 Å². The molecule has 0 bridgehead atoms. The molecule has 1 aromatic carbocycles. The smallest absolute Gasteiger partial charge is 0.336 e. The fourth-order valence-corrected chi connectivity index (χ4v) is 1.99. The molecule has 4 heteroatoms. The Hall–Kier alpha value is -1.71. The molecule has 1 aromatic rings. The Morgan fingerprint density at radius 3 is 2.50 bits per heavy atom. The number of hydrogen-bond acceptors (Lipinski definition) is 2. The van der Waals surface area contributed by atoms with Gasteiger partial charge in [0.2, 0.25) is 0 Å². The van der Waals surface area contributed by atoms with Crippen molar-refractivity contribution in [2.75, 3.05) is 31.1 Å². The lowest BCUT2D eigenvalue weighted by Crippen LogP contribution is -2.48. The van der Waals surface area contributed by atoms with Gasteiger partial charge in [0.25, 0.3) is 0 Å². The molecule has 2 amide bonds. The van der Waals surface area contributed by atoms with Gasteiger partial charge in [-0.05, 0) is 24.6 Å². The summed E-state index contributed by atoms with van der Waals surface area (Å²) in [7, 11) is 0. The van der Waals surface area contributed by atoms with E-state index in [9.17, 15) is 4.79 Å². The molecule has 0 atom stereocenters. The standard InChI is InChI=1S/C12H16N3O/c1-10-3-2-4-11(9-10)14-5-7-15(8-6-14)12(13)16/h2-4,9,13H,5-8H2,1H3. The number of hydrogen-bond donors (Lipinski definition) is 0. The number of piperazine rings is 1. The Morgan fingerprint density at radius 1 is 1.25 bits per heavy atom. The quantitative estimate of drug-likeness (QED) is 0.717. The number of benzene rings is 1. The molecule has 1 fully saturated rings. The van der Waals surface area contributed by atoms with E-state index in [0.29, 0.717) is 13.1 Å². The van der Waals surface area contributed by atoms with Crippen molar-refractivity contribution in [1.29, 1.82) is 0 Å². The second kappa shape index (κ2) is 4.43. The van der Waals surface area contributed by atoms with E-state index in [1.54, 1.807) is 4.90 Å². The summed E-state index contributed by atoms with van der Waals surface area (Å²) < 4.78 is 0. The fourth-order valence-electron chi connectivity index (χ4n) is 1.99. The maximum Gasteiger partial charge on any atom is 0.336 e. The molecule has 0 aromatic heterocycles. The minimum absolute atomic E-state index is 0.566. The minimum atomic E-state index is -0.566.